The molecule has 4 nitrogen and oxygen atoms in total. The van der Waals surface area contributed by atoms with Gasteiger partial charge >= 0.3 is 0 Å². The molecular weight excluding hydrogens is 260 g/mol. The van der Waals surface area contributed by atoms with Gasteiger partial charge in [0, 0.05) is 10.4 Å². The van der Waals surface area contributed by atoms with Crippen LogP contribution < -0.4 is 5.43 Å². The zero-order valence-corrected chi connectivity index (χ0v) is 11.5. The van der Waals surface area contributed by atoms with Gasteiger partial charge in [-0.3, -0.25) is 4.79 Å². The minimum absolute atomic E-state index is 0.130. The first-order chi connectivity index (χ1) is 9.06. The maximum absolute atomic E-state index is 11.8. The molecule has 2 rings (SSSR count). The molecule has 0 atom stereocenters. The van der Waals surface area contributed by atoms with Gasteiger partial charge in [-0.15, -0.1) is 11.3 Å². The topological polar surface area (TPSA) is 61.7 Å². The van der Waals surface area contributed by atoms with E-state index in [0.717, 1.165) is 10.6 Å². The summed E-state index contributed by atoms with van der Waals surface area (Å²) in [5, 5.41) is 13.2. The summed E-state index contributed by atoms with van der Waals surface area (Å²) in [7, 11) is 0. The third-order valence-corrected chi connectivity index (χ3v) is 3.66. The molecule has 19 heavy (non-hydrogen) atoms. The lowest BCUT2D eigenvalue weighted by atomic mass is 10.2. The molecule has 1 aromatic heterocycles. The van der Waals surface area contributed by atoms with E-state index in [1.165, 1.54) is 17.0 Å². The Morgan fingerprint density at radius 3 is 2.47 bits per heavy atom. The van der Waals surface area contributed by atoms with Crippen molar-refractivity contribution in [2.75, 3.05) is 0 Å². The summed E-state index contributed by atoms with van der Waals surface area (Å²) in [6, 6.07) is 10.0. The van der Waals surface area contributed by atoms with E-state index in [1.807, 2.05) is 26.0 Å². The number of hydrogen-bond acceptors (Lipinski definition) is 4. The number of rotatable bonds is 3. The maximum Gasteiger partial charge on any atom is 0.271 e. The number of carbonyl (C=O) groups excluding carboxylic acids is 1. The lowest BCUT2D eigenvalue weighted by Gasteiger charge is -2.01. The van der Waals surface area contributed by atoms with E-state index in [-0.39, 0.29) is 11.7 Å². The number of nitrogens with one attached hydrogen (secondary N) is 1. The fourth-order valence-corrected chi connectivity index (χ4v) is 2.31. The van der Waals surface area contributed by atoms with Gasteiger partial charge in [0.25, 0.3) is 5.91 Å². The van der Waals surface area contributed by atoms with Gasteiger partial charge in [-0.1, -0.05) is 0 Å². The summed E-state index contributed by atoms with van der Waals surface area (Å²) in [6.07, 6.45) is 0. The molecule has 0 aliphatic rings. The number of benzene rings is 1. The Balaban J connectivity index is 2.05. The van der Waals surface area contributed by atoms with Gasteiger partial charge in [-0.2, -0.15) is 5.10 Å². The molecule has 1 heterocycles. The van der Waals surface area contributed by atoms with Crippen molar-refractivity contribution in [1.82, 2.24) is 5.43 Å². The third kappa shape index (κ3) is 3.42. The monoisotopic (exact) mass is 274 g/mol. The normalized spacial score (nSPS) is 11.4. The predicted octanol–water partition coefficient (Wildman–Crippen LogP) is 2.92. The molecule has 1 amide bonds. The van der Waals surface area contributed by atoms with Gasteiger partial charge in [0.1, 0.15) is 5.75 Å². The first kappa shape index (κ1) is 13.3. The molecule has 0 aliphatic carbocycles. The van der Waals surface area contributed by atoms with E-state index in [9.17, 15) is 4.79 Å². The average Bonchev–Trinajstić information content (AvgIpc) is 2.83. The number of nitrogens with zero attached hydrogens (tertiary/aromatic N) is 1. The van der Waals surface area contributed by atoms with Crippen LogP contribution >= 0.6 is 11.3 Å². The van der Waals surface area contributed by atoms with Gasteiger partial charge in [0.2, 0.25) is 0 Å². The van der Waals surface area contributed by atoms with Crippen LogP contribution in [0.1, 0.15) is 27.0 Å². The second-order valence-corrected chi connectivity index (χ2v) is 5.38. The highest BCUT2D eigenvalue weighted by molar-refractivity contribution is 7.14. The van der Waals surface area contributed by atoms with Crippen LogP contribution in [-0.4, -0.2) is 16.7 Å². The molecule has 0 aliphatic heterocycles. The Morgan fingerprint density at radius 1 is 1.21 bits per heavy atom. The number of aromatic hydroxyl groups is 1. The SMILES string of the molecule is C/C(=N\NC(=O)c1ccc(O)cc1)c1ccc(C)s1. The Labute approximate surface area is 115 Å². The molecule has 5 heteroatoms. The standard InChI is InChI=1S/C14H14N2O2S/c1-9-3-8-13(19-9)10(2)15-16-14(18)11-4-6-12(17)7-5-11/h3-8,17H,1-2H3,(H,16,18)/b15-10+. The molecule has 0 fully saturated rings. The predicted molar refractivity (Wildman–Crippen MR) is 76.8 cm³/mol. The lowest BCUT2D eigenvalue weighted by molar-refractivity contribution is 0.0955. The Kier molecular flexibility index (Phi) is 3.97. The molecule has 2 N–H and O–H groups in total. The minimum Gasteiger partial charge on any atom is -0.508 e. The molecule has 0 saturated carbocycles. The number of carbonyl (C=O) groups is 1. The molecule has 0 saturated heterocycles. The largest absolute Gasteiger partial charge is 0.508 e. The second-order valence-electron chi connectivity index (χ2n) is 4.10. The van der Waals surface area contributed by atoms with E-state index in [1.54, 1.807) is 23.5 Å². The van der Waals surface area contributed by atoms with Crippen molar-refractivity contribution in [3.63, 3.8) is 0 Å². The van der Waals surface area contributed by atoms with E-state index < -0.39 is 0 Å². The van der Waals surface area contributed by atoms with Crippen LogP contribution in [0.25, 0.3) is 0 Å². The van der Waals surface area contributed by atoms with Crippen LogP contribution in [0.2, 0.25) is 0 Å². The van der Waals surface area contributed by atoms with Crippen molar-refractivity contribution >= 4 is 23.0 Å². The van der Waals surface area contributed by atoms with E-state index in [0.29, 0.717) is 5.56 Å². The van der Waals surface area contributed by atoms with Gasteiger partial charge in [-0.25, -0.2) is 5.43 Å². The highest BCUT2D eigenvalue weighted by atomic mass is 32.1. The van der Waals surface area contributed by atoms with Crippen LogP contribution in [0.4, 0.5) is 0 Å². The van der Waals surface area contributed by atoms with Crippen molar-refractivity contribution in [2.45, 2.75) is 13.8 Å². The molecule has 98 valence electrons. The third-order valence-electron chi connectivity index (χ3n) is 2.55. The number of amides is 1. The molecule has 1 aromatic carbocycles. The van der Waals surface area contributed by atoms with Crippen molar-refractivity contribution in [3.05, 3.63) is 51.7 Å². The average molecular weight is 274 g/mol. The van der Waals surface area contributed by atoms with Crippen LogP contribution in [0.3, 0.4) is 0 Å². The van der Waals surface area contributed by atoms with E-state index >= 15 is 0 Å². The van der Waals surface area contributed by atoms with E-state index in [2.05, 4.69) is 10.5 Å². The van der Waals surface area contributed by atoms with Crippen LogP contribution in [-0.2, 0) is 0 Å². The summed E-state index contributed by atoms with van der Waals surface area (Å²) >= 11 is 1.63. The molecule has 0 radical (unpaired) electrons. The molecular formula is C14H14N2O2S. The van der Waals surface area contributed by atoms with Gasteiger partial charge < -0.3 is 5.11 Å². The van der Waals surface area contributed by atoms with Crippen molar-refractivity contribution in [2.24, 2.45) is 5.10 Å². The minimum atomic E-state index is -0.298. The van der Waals surface area contributed by atoms with Gasteiger partial charge in [-0.05, 0) is 50.2 Å². The quantitative estimate of drug-likeness (QED) is 0.667. The molecule has 0 bridgehead atoms. The number of aryl methyl sites for hydroxylation is 1. The number of hydrogen-bond donors (Lipinski definition) is 2. The molecule has 2 aromatic rings. The highest BCUT2D eigenvalue weighted by Crippen LogP contribution is 2.15. The van der Waals surface area contributed by atoms with Crippen LogP contribution in [0.15, 0.2) is 41.5 Å². The van der Waals surface area contributed by atoms with Crippen LogP contribution in [0.5, 0.6) is 5.75 Å². The molecule has 0 spiro atoms. The lowest BCUT2D eigenvalue weighted by Crippen LogP contribution is -2.18. The number of thiophene rings is 1. The van der Waals surface area contributed by atoms with Gasteiger partial charge in [0.15, 0.2) is 0 Å². The van der Waals surface area contributed by atoms with Crippen molar-refractivity contribution in [1.29, 1.82) is 0 Å². The van der Waals surface area contributed by atoms with E-state index in [4.69, 9.17) is 5.11 Å². The number of phenolic OH excluding ortho intramolecular Hbond substituents is 1. The van der Waals surface area contributed by atoms with Gasteiger partial charge in [0.05, 0.1) is 10.6 Å². The summed E-state index contributed by atoms with van der Waals surface area (Å²) < 4.78 is 0. The smallest absolute Gasteiger partial charge is 0.271 e. The number of hydrazone groups is 1. The Hall–Kier alpha value is -2.14. The zero-order valence-electron chi connectivity index (χ0n) is 10.7. The molecule has 0 unspecified atom stereocenters. The summed E-state index contributed by atoms with van der Waals surface area (Å²) in [5.41, 5.74) is 3.72. The van der Waals surface area contributed by atoms with Crippen molar-refractivity contribution < 1.29 is 9.90 Å². The summed E-state index contributed by atoms with van der Waals surface area (Å²) in [4.78, 5) is 14.0. The second kappa shape index (κ2) is 5.67. The fourth-order valence-electron chi connectivity index (χ4n) is 1.50. The first-order valence-corrected chi connectivity index (χ1v) is 6.58. The zero-order chi connectivity index (χ0) is 13.8. The summed E-state index contributed by atoms with van der Waals surface area (Å²) in [5.74, 6) is -0.169. The number of phenols is 1. The summed E-state index contributed by atoms with van der Waals surface area (Å²) in [6.45, 7) is 3.87. The maximum atomic E-state index is 11.8. The van der Waals surface area contributed by atoms with Crippen LogP contribution in [0, 0.1) is 6.92 Å². The highest BCUT2D eigenvalue weighted by Gasteiger charge is 2.05. The Morgan fingerprint density at radius 2 is 1.89 bits per heavy atom. The Bertz CT molecular complexity index is 615. The fraction of sp³-hybridized carbons (Fsp3) is 0.143. The first-order valence-electron chi connectivity index (χ1n) is 5.77. The van der Waals surface area contributed by atoms with Crippen molar-refractivity contribution in [3.8, 4) is 5.75 Å².